The van der Waals surface area contributed by atoms with Gasteiger partial charge >= 0.3 is 0 Å². The lowest BCUT2D eigenvalue weighted by Gasteiger charge is -2.20. The first-order chi connectivity index (χ1) is 9.71. The van der Waals surface area contributed by atoms with E-state index in [0.717, 1.165) is 18.5 Å². The Bertz CT molecular complexity index is 410. The number of hydrogen-bond donors (Lipinski definition) is 2. The first kappa shape index (κ1) is 16.3. The Morgan fingerprint density at radius 3 is 2.20 bits per heavy atom. The molecule has 112 valence electrons. The van der Waals surface area contributed by atoms with Crippen LogP contribution in [-0.4, -0.2) is 34.4 Å². The lowest BCUT2D eigenvalue weighted by atomic mass is 10.1. The Labute approximate surface area is 120 Å². The monoisotopic (exact) mass is 280 g/mol. The Hall–Kier alpha value is -1.72. The minimum absolute atomic E-state index is 0.0312. The average molecular weight is 280 g/mol. The Morgan fingerprint density at radius 2 is 1.80 bits per heavy atom. The highest BCUT2D eigenvalue weighted by atomic mass is 16.5. The van der Waals surface area contributed by atoms with E-state index in [4.69, 9.17) is 19.9 Å². The number of hydrogen-bond acceptors (Lipinski definition) is 5. The van der Waals surface area contributed by atoms with Gasteiger partial charge in [-0.2, -0.15) is 0 Å². The van der Waals surface area contributed by atoms with E-state index in [2.05, 4.69) is 11.9 Å². The van der Waals surface area contributed by atoms with Crippen LogP contribution < -0.4 is 25.3 Å². The van der Waals surface area contributed by atoms with Gasteiger partial charge in [0, 0.05) is 12.6 Å². The topological polar surface area (TPSA) is 65.7 Å². The summed E-state index contributed by atoms with van der Waals surface area (Å²) in [5.41, 5.74) is 6.85. The van der Waals surface area contributed by atoms with Gasteiger partial charge in [-0.15, -0.1) is 6.58 Å². The van der Waals surface area contributed by atoms with E-state index >= 15 is 0 Å². The molecule has 1 aromatic rings. The molecule has 0 aromatic heterocycles. The third-order valence-corrected chi connectivity index (χ3v) is 3.06. The maximum Gasteiger partial charge on any atom is 0.203 e. The molecule has 0 aliphatic rings. The Balaban J connectivity index is 3.06. The van der Waals surface area contributed by atoms with Crippen LogP contribution in [0.3, 0.4) is 0 Å². The van der Waals surface area contributed by atoms with E-state index < -0.39 is 0 Å². The fourth-order valence-electron chi connectivity index (χ4n) is 2.00. The van der Waals surface area contributed by atoms with Gasteiger partial charge in [0.1, 0.15) is 0 Å². The van der Waals surface area contributed by atoms with Gasteiger partial charge in [0.2, 0.25) is 5.75 Å². The average Bonchev–Trinajstić information content (AvgIpc) is 2.50. The predicted octanol–water partition coefficient (Wildman–Crippen LogP) is 1.88. The first-order valence-electron chi connectivity index (χ1n) is 6.56. The van der Waals surface area contributed by atoms with Gasteiger partial charge in [-0.1, -0.05) is 6.08 Å². The molecule has 0 aliphatic carbocycles. The number of nitrogens with two attached hydrogens (primary N) is 1. The van der Waals surface area contributed by atoms with Crippen LogP contribution in [-0.2, 0) is 0 Å². The lowest BCUT2D eigenvalue weighted by Crippen LogP contribution is -2.28. The maximum atomic E-state index is 5.84. The summed E-state index contributed by atoms with van der Waals surface area (Å²) in [5, 5.41) is 3.38. The van der Waals surface area contributed by atoms with Crippen LogP contribution in [0, 0.1) is 0 Å². The molecule has 0 amide bonds. The smallest absolute Gasteiger partial charge is 0.203 e. The SMILES string of the molecule is C=CCCNC(CN)c1cc(OC)c(OC)c(OC)c1. The highest BCUT2D eigenvalue weighted by molar-refractivity contribution is 5.54. The molecule has 0 heterocycles. The van der Waals surface area contributed by atoms with Crippen molar-refractivity contribution in [3.05, 3.63) is 30.4 Å². The van der Waals surface area contributed by atoms with Gasteiger partial charge in [0.15, 0.2) is 11.5 Å². The van der Waals surface area contributed by atoms with Crippen molar-refractivity contribution in [3.63, 3.8) is 0 Å². The summed E-state index contributed by atoms with van der Waals surface area (Å²) in [6, 6.07) is 3.86. The number of nitrogens with one attached hydrogen (secondary N) is 1. The molecule has 0 saturated carbocycles. The number of methoxy groups -OCH3 is 3. The normalized spacial score (nSPS) is 11.8. The van der Waals surface area contributed by atoms with Crippen molar-refractivity contribution in [3.8, 4) is 17.2 Å². The zero-order valence-corrected chi connectivity index (χ0v) is 12.4. The second kappa shape index (κ2) is 8.45. The van der Waals surface area contributed by atoms with Crippen LogP contribution in [0.4, 0.5) is 0 Å². The molecule has 5 heteroatoms. The van der Waals surface area contributed by atoms with Gasteiger partial charge in [0.05, 0.1) is 21.3 Å². The van der Waals surface area contributed by atoms with Crippen molar-refractivity contribution in [1.82, 2.24) is 5.32 Å². The van der Waals surface area contributed by atoms with Crippen molar-refractivity contribution in [2.45, 2.75) is 12.5 Å². The van der Waals surface area contributed by atoms with Crippen LogP contribution in [0.15, 0.2) is 24.8 Å². The second-order valence-corrected chi connectivity index (χ2v) is 4.28. The van der Waals surface area contributed by atoms with Crippen LogP contribution in [0.5, 0.6) is 17.2 Å². The predicted molar refractivity (Wildman–Crippen MR) is 80.7 cm³/mol. The molecule has 0 aliphatic heterocycles. The Morgan fingerprint density at radius 1 is 1.20 bits per heavy atom. The third-order valence-electron chi connectivity index (χ3n) is 3.06. The van der Waals surface area contributed by atoms with Crippen molar-refractivity contribution in [2.24, 2.45) is 5.73 Å². The maximum absolute atomic E-state index is 5.84. The molecule has 0 bridgehead atoms. The van der Waals surface area contributed by atoms with E-state index in [1.54, 1.807) is 21.3 Å². The molecule has 1 unspecified atom stereocenters. The summed E-state index contributed by atoms with van der Waals surface area (Å²) in [6.45, 7) is 5.01. The molecule has 1 aromatic carbocycles. The van der Waals surface area contributed by atoms with Crippen molar-refractivity contribution >= 4 is 0 Å². The van der Waals surface area contributed by atoms with Crippen molar-refractivity contribution < 1.29 is 14.2 Å². The summed E-state index contributed by atoms with van der Waals surface area (Å²) >= 11 is 0. The summed E-state index contributed by atoms with van der Waals surface area (Å²) in [4.78, 5) is 0. The number of ether oxygens (including phenoxy) is 3. The molecular formula is C15H24N2O3. The molecule has 0 spiro atoms. The second-order valence-electron chi connectivity index (χ2n) is 4.28. The molecule has 1 atom stereocenters. The van der Waals surface area contributed by atoms with Crippen LogP contribution in [0.25, 0.3) is 0 Å². The summed E-state index contributed by atoms with van der Waals surface area (Å²) in [7, 11) is 4.79. The van der Waals surface area contributed by atoms with Crippen LogP contribution in [0.2, 0.25) is 0 Å². The summed E-state index contributed by atoms with van der Waals surface area (Å²) in [5.74, 6) is 1.84. The van der Waals surface area contributed by atoms with Gasteiger partial charge in [0.25, 0.3) is 0 Å². The van der Waals surface area contributed by atoms with Gasteiger partial charge in [-0.25, -0.2) is 0 Å². The number of rotatable bonds is 9. The van der Waals surface area contributed by atoms with Crippen molar-refractivity contribution in [2.75, 3.05) is 34.4 Å². The number of benzene rings is 1. The lowest BCUT2D eigenvalue weighted by molar-refractivity contribution is 0.323. The first-order valence-corrected chi connectivity index (χ1v) is 6.56. The highest BCUT2D eigenvalue weighted by Gasteiger charge is 2.17. The third kappa shape index (κ3) is 3.88. The molecule has 20 heavy (non-hydrogen) atoms. The van der Waals surface area contributed by atoms with Gasteiger partial charge < -0.3 is 25.3 Å². The highest BCUT2D eigenvalue weighted by Crippen LogP contribution is 2.39. The van der Waals surface area contributed by atoms with E-state index in [-0.39, 0.29) is 6.04 Å². The van der Waals surface area contributed by atoms with Gasteiger partial charge in [-0.05, 0) is 30.7 Å². The molecule has 1 rings (SSSR count). The van der Waals surface area contributed by atoms with E-state index in [0.29, 0.717) is 23.8 Å². The van der Waals surface area contributed by atoms with Gasteiger partial charge in [-0.3, -0.25) is 0 Å². The van der Waals surface area contributed by atoms with E-state index in [1.165, 1.54) is 0 Å². The quantitative estimate of drug-likeness (QED) is 0.534. The Kier molecular flexibility index (Phi) is 6.90. The summed E-state index contributed by atoms with van der Waals surface area (Å²) < 4.78 is 16.0. The molecule has 5 nitrogen and oxygen atoms in total. The standard InChI is InChI=1S/C15H24N2O3/c1-5-6-7-17-12(10-16)11-8-13(18-2)15(20-4)14(9-11)19-3/h5,8-9,12,17H,1,6-7,10,16H2,2-4H3. The zero-order valence-electron chi connectivity index (χ0n) is 12.4. The fourth-order valence-corrected chi connectivity index (χ4v) is 2.00. The van der Waals surface area contributed by atoms with E-state index in [1.807, 2.05) is 18.2 Å². The largest absolute Gasteiger partial charge is 0.493 e. The minimum Gasteiger partial charge on any atom is -0.493 e. The molecule has 0 radical (unpaired) electrons. The molecule has 0 saturated heterocycles. The van der Waals surface area contributed by atoms with Crippen LogP contribution in [0.1, 0.15) is 18.0 Å². The van der Waals surface area contributed by atoms with Crippen molar-refractivity contribution in [1.29, 1.82) is 0 Å². The fraction of sp³-hybridized carbons (Fsp3) is 0.467. The summed E-state index contributed by atoms with van der Waals surface area (Å²) in [6.07, 6.45) is 2.76. The molecule has 0 fully saturated rings. The molecular weight excluding hydrogens is 256 g/mol. The zero-order chi connectivity index (χ0) is 15.0. The van der Waals surface area contributed by atoms with Crippen LogP contribution >= 0.6 is 0 Å². The molecule has 3 N–H and O–H groups in total. The van der Waals surface area contributed by atoms with E-state index in [9.17, 15) is 0 Å². The minimum atomic E-state index is 0.0312.